The molecule has 0 spiro atoms. The molecule has 1 saturated carbocycles. The molecule has 0 bridgehead atoms. The average Bonchev–Trinajstić information content (AvgIpc) is 2.88. The molecule has 3 atom stereocenters. The lowest BCUT2D eigenvalue weighted by molar-refractivity contribution is -0.131. The first-order valence-electron chi connectivity index (χ1n) is 7.27. The topological polar surface area (TPSA) is 32.3 Å². The van der Waals surface area contributed by atoms with Crippen LogP contribution in [0.1, 0.15) is 46.5 Å². The van der Waals surface area contributed by atoms with Crippen molar-refractivity contribution in [2.24, 2.45) is 5.92 Å². The van der Waals surface area contributed by atoms with Gasteiger partial charge >= 0.3 is 0 Å². The molecule has 1 aliphatic carbocycles. The summed E-state index contributed by atoms with van der Waals surface area (Å²) in [6, 6.07) is 0.564. The Hall–Kier alpha value is -0.220. The van der Waals surface area contributed by atoms with Crippen molar-refractivity contribution in [2.75, 3.05) is 12.4 Å². The number of hydrogen-bond donors (Lipinski definition) is 1. The zero-order valence-corrected chi connectivity index (χ0v) is 12.6. The second-order valence-electron chi connectivity index (χ2n) is 5.90. The van der Waals surface area contributed by atoms with Crippen LogP contribution < -0.4 is 5.32 Å². The first kappa shape index (κ1) is 14.2. The Morgan fingerprint density at radius 1 is 1.44 bits per heavy atom. The quantitative estimate of drug-likeness (QED) is 0.833. The summed E-state index contributed by atoms with van der Waals surface area (Å²) < 4.78 is 0. The lowest BCUT2D eigenvalue weighted by Gasteiger charge is -2.23. The van der Waals surface area contributed by atoms with Crippen LogP contribution in [0.25, 0.3) is 0 Å². The second-order valence-corrected chi connectivity index (χ2v) is 7.47. The van der Waals surface area contributed by atoms with Crippen molar-refractivity contribution in [1.29, 1.82) is 0 Å². The molecule has 0 aromatic heterocycles. The molecule has 1 aliphatic heterocycles. The van der Waals surface area contributed by atoms with E-state index >= 15 is 0 Å². The Balaban J connectivity index is 1.86. The molecule has 1 heterocycles. The standard InChI is InChI=1S/C14H26N2OS/c1-4-18-12-6-5-11(8-12)16-9-15-13(14(16)17)7-10(2)3/h10-13,15H,4-9H2,1-3H3. The largest absolute Gasteiger partial charge is 0.326 e. The first-order chi connectivity index (χ1) is 8.61. The van der Waals surface area contributed by atoms with Crippen LogP contribution in [0, 0.1) is 5.92 Å². The van der Waals surface area contributed by atoms with Crippen molar-refractivity contribution >= 4 is 17.7 Å². The van der Waals surface area contributed by atoms with Crippen molar-refractivity contribution in [1.82, 2.24) is 10.2 Å². The summed E-state index contributed by atoms with van der Waals surface area (Å²) in [4.78, 5) is 14.4. The van der Waals surface area contributed by atoms with Crippen LogP contribution in [0.4, 0.5) is 0 Å². The third-order valence-electron chi connectivity index (χ3n) is 4.00. The summed E-state index contributed by atoms with van der Waals surface area (Å²) in [6.45, 7) is 7.35. The maximum absolute atomic E-state index is 12.3. The van der Waals surface area contributed by atoms with Crippen LogP contribution in [-0.2, 0) is 4.79 Å². The van der Waals surface area contributed by atoms with Crippen LogP contribution in [0.2, 0.25) is 0 Å². The molecule has 18 heavy (non-hydrogen) atoms. The van der Waals surface area contributed by atoms with Crippen molar-refractivity contribution in [3.05, 3.63) is 0 Å². The smallest absolute Gasteiger partial charge is 0.241 e. The van der Waals surface area contributed by atoms with E-state index in [1.165, 1.54) is 25.0 Å². The molecule has 0 aromatic rings. The van der Waals surface area contributed by atoms with Gasteiger partial charge in [0.15, 0.2) is 0 Å². The monoisotopic (exact) mass is 270 g/mol. The number of carbonyl (C=O) groups excluding carboxylic acids is 1. The number of rotatable bonds is 5. The highest BCUT2D eigenvalue weighted by Crippen LogP contribution is 2.33. The van der Waals surface area contributed by atoms with Gasteiger partial charge in [0.2, 0.25) is 5.91 Å². The predicted octanol–water partition coefficient (Wildman–Crippen LogP) is 2.46. The van der Waals surface area contributed by atoms with E-state index in [0.29, 0.717) is 17.9 Å². The third kappa shape index (κ3) is 3.21. The fourth-order valence-electron chi connectivity index (χ4n) is 3.13. The molecule has 4 heteroatoms. The molecule has 104 valence electrons. The zero-order valence-electron chi connectivity index (χ0n) is 11.8. The van der Waals surface area contributed by atoms with Gasteiger partial charge in [0.05, 0.1) is 12.7 Å². The highest BCUT2D eigenvalue weighted by molar-refractivity contribution is 7.99. The van der Waals surface area contributed by atoms with Crippen LogP contribution in [0.3, 0.4) is 0 Å². The summed E-state index contributed by atoms with van der Waals surface area (Å²) in [7, 11) is 0. The Morgan fingerprint density at radius 3 is 2.89 bits per heavy atom. The van der Waals surface area contributed by atoms with Gasteiger partial charge in [-0.1, -0.05) is 20.8 Å². The molecule has 2 fully saturated rings. The van der Waals surface area contributed by atoms with E-state index in [-0.39, 0.29) is 6.04 Å². The minimum atomic E-state index is 0.0721. The molecule has 0 radical (unpaired) electrons. The molecule has 1 N–H and O–H groups in total. The average molecular weight is 270 g/mol. The maximum atomic E-state index is 12.3. The van der Waals surface area contributed by atoms with Gasteiger partial charge in [0.25, 0.3) is 0 Å². The van der Waals surface area contributed by atoms with Gasteiger partial charge in [-0.25, -0.2) is 0 Å². The summed E-state index contributed by atoms with van der Waals surface area (Å²) in [5, 5.41) is 4.16. The molecular weight excluding hydrogens is 244 g/mol. The Morgan fingerprint density at radius 2 is 2.22 bits per heavy atom. The molecule has 0 aromatic carbocycles. The van der Waals surface area contributed by atoms with Gasteiger partial charge in [-0.05, 0) is 37.4 Å². The van der Waals surface area contributed by atoms with Crippen LogP contribution in [0.15, 0.2) is 0 Å². The number of amides is 1. The van der Waals surface area contributed by atoms with E-state index < -0.39 is 0 Å². The van der Waals surface area contributed by atoms with E-state index in [1.54, 1.807) is 0 Å². The van der Waals surface area contributed by atoms with E-state index in [1.807, 2.05) is 0 Å². The normalized spacial score (nSPS) is 32.8. The minimum Gasteiger partial charge on any atom is -0.326 e. The number of nitrogens with zero attached hydrogens (tertiary/aromatic N) is 1. The Kier molecular flexibility index (Phi) is 4.96. The van der Waals surface area contributed by atoms with Gasteiger partial charge in [-0.2, -0.15) is 11.8 Å². The minimum absolute atomic E-state index is 0.0721. The maximum Gasteiger partial charge on any atom is 0.241 e. The van der Waals surface area contributed by atoms with Crippen molar-refractivity contribution in [2.45, 2.75) is 63.8 Å². The van der Waals surface area contributed by atoms with Gasteiger partial charge in [-0.15, -0.1) is 0 Å². The molecule has 3 unspecified atom stereocenters. The number of hydrogen-bond acceptors (Lipinski definition) is 3. The summed E-state index contributed by atoms with van der Waals surface area (Å²) >= 11 is 2.06. The van der Waals surface area contributed by atoms with E-state index in [2.05, 4.69) is 42.7 Å². The molecular formula is C14H26N2OS. The summed E-state index contributed by atoms with van der Waals surface area (Å²) in [6.07, 6.45) is 4.64. The zero-order chi connectivity index (χ0) is 13.1. The molecule has 2 aliphatic rings. The van der Waals surface area contributed by atoms with E-state index in [0.717, 1.165) is 18.3 Å². The Labute approximate surface area is 115 Å². The number of nitrogens with one attached hydrogen (secondary N) is 1. The predicted molar refractivity (Wildman–Crippen MR) is 77.7 cm³/mol. The highest BCUT2D eigenvalue weighted by atomic mass is 32.2. The molecule has 3 nitrogen and oxygen atoms in total. The molecule has 1 saturated heterocycles. The van der Waals surface area contributed by atoms with Crippen LogP contribution in [0.5, 0.6) is 0 Å². The van der Waals surface area contributed by atoms with Gasteiger partial charge < -0.3 is 4.90 Å². The Bertz CT molecular complexity index is 296. The SMILES string of the molecule is CCSC1CCC(N2CNC(CC(C)C)C2=O)C1. The number of carbonyl (C=O) groups is 1. The lowest BCUT2D eigenvalue weighted by Crippen LogP contribution is -2.37. The highest BCUT2D eigenvalue weighted by Gasteiger charge is 2.38. The summed E-state index contributed by atoms with van der Waals surface area (Å²) in [5.41, 5.74) is 0. The van der Waals surface area contributed by atoms with Crippen molar-refractivity contribution in [3.63, 3.8) is 0 Å². The second kappa shape index (κ2) is 6.29. The van der Waals surface area contributed by atoms with Crippen molar-refractivity contribution < 1.29 is 4.79 Å². The van der Waals surface area contributed by atoms with Crippen LogP contribution >= 0.6 is 11.8 Å². The number of thioether (sulfide) groups is 1. The first-order valence-corrected chi connectivity index (χ1v) is 8.32. The van der Waals surface area contributed by atoms with E-state index in [4.69, 9.17) is 0 Å². The van der Waals surface area contributed by atoms with E-state index in [9.17, 15) is 4.79 Å². The van der Waals surface area contributed by atoms with Gasteiger partial charge in [0.1, 0.15) is 0 Å². The molecule has 2 rings (SSSR count). The fraction of sp³-hybridized carbons (Fsp3) is 0.929. The van der Waals surface area contributed by atoms with Gasteiger partial charge in [0, 0.05) is 11.3 Å². The van der Waals surface area contributed by atoms with Crippen molar-refractivity contribution in [3.8, 4) is 0 Å². The third-order valence-corrected chi connectivity index (χ3v) is 5.23. The molecule has 1 amide bonds. The van der Waals surface area contributed by atoms with Crippen LogP contribution in [-0.4, -0.2) is 40.6 Å². The fourth-order valence-corrected chi connectivity index (χ4v) is 4.26. The van der Waals surface area contributed by atoms with Gasteiger partial charge in [-0.3, -0.25) is 10.1 Å². The lowest BCUT2D eigenvalue weighted by atomic mass is 10.0. The summed E-state index contributed by atoms with van der Waals surface area (Å²) in [5.74, 6) is 2.12.